The molecule has 0 aliphatic heterocycles. The molecule has 0 atom stereocenters. The van der Waals surface area contributed by atoms with Crippen molar-refractivity contribution in [2.24, 2.45) is 0 Å². The molecule has 4 rings (SSSR count). The van der Waals surface area contributed by atoms with Gasteiger partial charge in [-0.1, -0.05) is 47.6 Å². The van der Waals surface area contributed by atoms with Gasteiger partial charge in [-0.25, -0.2) is 4.98 Å². The number of halogens is 1. The lowest BCUT2D eigenvalue weighted by Gasteiger charge is -2.10. The molecular weight excluding hydrogens is 448 g/mol. The first kappa shape index (κ1) is 21.9. The fourth-order valence-electron chi connectivity index (χ4n) is 3.22. The number of aromatic nitrogens is 4. The summed E-state index contributed by atoms with van der Waals surface area (Å²) < 4.78 is 8.05. The third kappa shape index (κ3) is 5.11. The zero-order chi connectivity index (χ0) is 21.8. The highest BCUT2D eigenvalue weighted by Gasteiger charge is 2.14. The highest BCUT2D eigenvalue weighted by molar-refractivity contribution is 7.98. The van der Waals surface area contributed by atoms with Crippen LogP contribution in [0.15, 0.2) is 53.0 Å². The van der Waals surface area contributed by atoms with Crippen LogP contribution in [0.2, 0.25) is 5.02 Å². The van der Waals surface area contributed by atoms with Crippen molar-refractivity contribution in [1.82, 2.24) is 19.7 Å². The lowest BCUT2D eigenvalue weighted by atomic mass is 10.1. The number of thiazole rings is 1. The Bertz CT molecular complexity index is 1190. The predicted molar refractivity (Wildman–Crippen MR) is 128 cm³/mol. The predicted octanol–water partition coefficient (Wildman–Crippen LogP) is 6.56. The maximum absolute atomic E-state index is 6.03. The van der Waals surface area contributed by atoms with Crippen LogP contribution in [0.4, 0.5) is 0 Å². The number of benzene rings is 2. The lowest BCUT2D eigenvalue weighted by Crippen LogP contribution is -2.07. The number of hydrogen-bond donors (Lipinski definition) is 0. The first-order valence-corrected chi connectivity index (χ1v) is 12.2. The Morgan fingerprint density at radius 1 is 1.10 bits per heavy atom. The molecule has 0 bridgehead atoms. The maximum Gasteiger partial charge on any atom is 0.191 e. The van der Waals surface area contributed by atoms with Crippen molar-refractivity contribution in [1.29, 1.82) is 0 Å². The molecule has 0 saturated carbocycles. The van der Waals surface area contributed by atoms with Crippen LogP contribution in [0.1, 0.15) is 29.6 Å². The van der Waals surface area contributed by atoms with Gasteiger partial charge in [0.05, 0.1) is 5.69 Å². The molecule has 31 heavy (non-hydrogen) atoms. The van der Waals surface area contributed by atoms with Crippen molar-refractivity contribution in [3.8, 4) is 16.3 Å². The number of hydrogen-bond acceptors (Lipinski definition) is 6. The van der Waals surface area contributed by atoms with Gasteiger partial charge in [-0.2, -0.15) is 0 Å². The molecule has 0 aliphatic rings. The Kier molecular flexibility index (Phi) is 6.95. The first-order valence-electron chi connectivity index (χ1n) is 9.99. The van der Waals surface area contributed by atoms with Gasteiger partial charge < -0.3 is 9.30 Å². The molecule has 2 aromatic heterocycles. The third-order valence-electron chi connectivity index (χ3n) is 4.88. The van der Waals surface area contributed by atoms with Gasteiger partial charge in [-0.15, -0.1) is 21.5 Å². The molecule has 0 fully saturated rings. The Labute approximate surface area is 195 Å². The summed E-state index contributed by atoms with van der Waals surface area (Å²) in [5, 5.41) is 13.5. The van der Waals surface area contributed by atoms with Gasteiger partial charge in [0, 0.05) is 28.3 Å². The van der Waals surface area contributed by atoms with E-state index in [1.54, 1.807) is 23.1 Å². The molecule has 160 valence electrons. The number of ether oxygens (including phenoxy) is 1. The number of aryl methyl sites for hydroxylation is 2. The van der Waals surface area contributed by atoms with Crippen molar-refractivity contribution in [3.63, 3.8) is 0 Å². The Hall–Kier alpha value is -2.35. The molecule has 0 aliphatic carbocycles. The van der Waals surface area contributed by atoms with E-state index >= 15 is 0 Å². The monoisotopic (exact) mass is 470 g/mol. The molecule has 0 unspecified atom stereocenters. The highest BCUT2D eigenvalue weighted by atomic mass is 35.5. The van der Waals surface area contributed by atoms with Crippen LogP contribution >= 0.6 is 34.7 Å². The molecule has 2 aromatic carbocycles. The molecule has 2 heterocycles. The summed E-state index contributed by atoms with van der Waals surface area (Å²) in [5.74, 6) is 2.35. The molecule has 8 heteroatoms. The van der Waals surface area contributed by atoms with Crippen LogP contribution in [0, 0.1) is 13.8 Å². The Morgan fingerprint density at radius 3 is 2.71 bits per heavy atom. The van der Waals surface area contributed by atoms with Crippen LogP contribution in [0.3, 0.4) is 0 Å². The van der Waals surface area contributed by atoms with Crippen molar-refractivity contribution >= 4 is 34.7 Å². The summed E-state index contributed by atoms with van der Waals surface area (Å²) in [4.78, 5) is 4.82. The van der Waals surface area contributed by atoms with E-state index in [1.165, 1.54) is 11.1 Å². The van der Waals surface area contributed by atoms with Gasteiger partial charge in [0.2, 0.25) is 0 Å². The molecule has 0 radical (unpaired) electrons. The van der Waals surface area contributed by atoms with E-state index in [9.17, 15) is 0 Å². The molecule has 0 amide bonds. The maximum atomic E-state index is 6.03. The summed E-state index contributed by atoms with van der Waals surface area (Å²) in [7, 11) is 0. The summed E-state index contributed by atoms with van der Waals surface area (Å²) in [5.41, 5.74) is 4.48. The lowest BCUT2D eigenvalue weighted by molar-refractivity contribution is 0.286. The number of rotatable bonds is 8. The second-order valence-electron chi connectivity index (χ2n) is 7.09. The summed E-state index contributed by atoms with van der Waals surface area (Å²) in [6.45, 7) is 7.32. The standard InChI is InChI=1S/C23H23ClN4OS2/c1-4-28-21(12-29-20-10-9-17(24)11-16(20)3)26-27-23(28)31-14-18-13-30-22(25-18)19-8-6-5-7-15(19)2/h5-11,13H,4,12,14H2,1-3H3. The van der Waals surface area contributed by atoms with Crippen LogP contribution in [-0.4, -0.2) is 19.7 Å². The molecule has 0 saturated heterocycles. The average molecular weight is 471 g/mol. The van der Waals surface area contributed by atoms with Gasteiger partial charge in [0.25, 0.3) is 0 Å². The fraction of sp³-hybridized carbons (Fsp3) is 0.261. The number of nitrogens with zero attached hydrogens (tertiary/aromatic N) is 4. The largest absolute Gasteiger partial charge is 0.485 e. The molecule has 4 aromatic rings. The summed E-state index contributed by atoms with van der Waals surface area (Å²) in [6.07, 6.45) is 0. The van der Waals surface area contributed by atoms with Crippen LogP contribution in [0.5, 0.6) is 5.75 Å². The summed E-state index contributed by atoms with van der Waals surface area (Å²) >= 11 is 9.35. The summed E-state index contributed by atoms with van der Waals surface area (Å²) in [6, 6.07) is 13.9. The highest BCUT2D eigenvalue weighted by Crippen LogP contribution is 2.30. The topological polar surface area (TPSA) is 52.8 Å². The van der Waals surface area contributed by atoms with Gasteiger partial charge in [0.1, 0.15) is 17.4 Å². The minimum absolute atomic E-state index is 0.359. The van der Waals surface area contributed by atoms with Crippen LogP contribution < -0.4 is 4.74 Å². The van der Waals surface area contributed by atoms with Gasteiger partial charge in [-0.3, -0.25) is 0 Å². The van der Waals surface area contributed by atoms with Crippen molar-refractivity contribution in [2.45, 2.75) is 44.8 Å². The zero-order valence-electron chi connectivity index (χ0n) is 17.6. The first-order chi connectivity index (χ1) is 15.0. The van der Waals surface area contributed by atoms with E-state index in [4.69, 9.17) is 21.3 Å². The molecule has 5 nitrogen and oxygen atoms in total. The minimum atomic E-state index is 0.359. The normalized spacial score (nSPS) is 11.1. The van der Waals surface area contributed by atoms with E-state index in [1.807, 2.05) is 25.1 Å². The Balaban J connectivity index is 1.42. The van der Waals surface area contributed by atoms with Crippen molar-refractivity contribution < 1.29 is 4.74 Å². The zero-order valence-corrected chi connectivity index (χ0v) is 20.0. The minimum Gasteiger partial charge on any atom is -0.485 e. The fourth-order valence-corrected chi connectivity index (χ4v) is 5.37. The smallest absolute Gasteiger partial charge is 0.191 e. The second-order valence-corrected chi connectivity index (χ2v) is 9.33. The molecule has 0 N–H and O–H groups in total. The van der Waals surface area contributed by atoms with Gasteiger partial charge >= 0.3 is 0 Å². The van der Waals surface area contributed by atoms with E-state index < -0.39 is 0 Å². The van der Waals surface area contributed by atoms with E-state index in [2.05, 4.69) is 58.3 Å². The van der Waals surface area contributed by atoms with Gasteiger partial charge in [-0.05, 0) is 50.1 Å². The van der Waals surface area contributed by atoms with E-state index in [0.29, 0.717) is 11.6 Å². The molecule has 0 spiro atoms. The second kappa shape index (κ2) is 9.85. The molecular formula is C23H23ClN4OS2. The van der Waals surface area contributed by atoms with Crippen LogP contribution in [0.25, 0.3) is 10.6 Å². The quantitative estimate of drug-likeness (QED) is 0.273. The van der Waals surface area contributed by atoms with Gasteiger partial charge in [0.15, 0.2) is 11.0 Å². The Morgan fingerprint density at radius 2 is 1.94 bits per heavy atom. The van der Waals surface area contributed by atoms with Crippen LogP contribution in [-0.2, 0) is 18.9 Å². The van der Waals surface area contributed by atoms with E-state index in [-0.39, 0.29) is 0 Å². The van der Waals surface area contributed by atoms with Crippen molar-refractivity contribution in [2.75, 3.05) is 0 Å². The third-order valence-corrected chi connectivity index (χ3v) is 7.04. The SMILES string of the molecule is CCn1c(COc2ccc(Cl)cc2C)nnc1SCc1csc(-c2ccccc2C)n1. The van der Waals surface area contributed by atoms with E-state index in [0.717, 1.165) is 45.3 Å². The number of thioether (sulfide) groups is 1. The average Bonchev–Trinajstić information content (AvgIpc) is 3.38. The van der Waals surface area contributed by atoms with Crippen molar-refractivity contribution in [3.05, 3.63) is 75.5 Å².